The molecule has 0 spiro atoms. The predicted molar refractivity (Wildman–Crippen MR) is 110 cm³/mol. The van der Waals surface area contributed by atoms with E-state index in [1.165, 1.54) is 6.07 Å². The standard InChI is InChI=1S/C23H20FNO2S/c1-27-18-12-10-16(11-13-18)22-14-23(26)25(15-17-6-2-3-7-19(17)24)20-8-4-5-9-21(20)28-22/h2-13,22H,14-15H2,1H3/t22-/m1/s1. The van der Waals surface area contributed by atoms with E-state index in [0.29, 0.717) is 12.0 Å². The van der Waals surface area contributed by atoms with Gasteiger partial charge in [0.2, 0.25) is 5.91 Å². The normalized spacial score (nSPS) is 16.4. The number of benzene rings is 3. The Hall–Kier alpha value is -2.79. The fourth-order valence-corrected chi connectivity index (χ4v) is 4.63. The number of para-hydroxylation sites is 1. The maximum Gasteiger partial charge on any atom is 0.228 e. The van der Waals surface area contributed by atoms with Crippen molar-refractivity contribution in [3.8, 4) is 5.75 Å². The second-order valence-electron chi connectivity index (χ2n) is 6.62. The molecule has 0 aromatic heterocycles. The van der Waals surface area contributed by atoms with E-state index in [1.54, 1.807) is 42.0 Å². The van der Waals surface area contributed by atoms with Gasteiger partial charge in [0, 0.05) is 22.1 Å². The van der Waals surface area contributed by atoms with Crippen molar-refractivity contribution in [2.75, 3.05) is 12.0 Å². The highest BCUT2D eigenvalue weighted by Crippen LogP contribution is 2.46. The summed E-state index contributed by atoms with van der Waals surface area (Å²) in [7, 11) is 1.63. The van der Waals surface area contributed by atoms with Crippen LogP contribution in [0.25, 0.3) is 0 Å². The third kappa shape index (κ3) is 3.76. The summed E-state index contributed by atoms with van der Waals surface area (Å²) in [5.74, 6) is 0.480. The predicted octanol–water partition coefficient (Wildman–Crippen LogP) is 5.60. The summed E-state index contributed by atoms with van der Waals surface area (Å²) in [5.41, 5.74) is 2.41. The molecule has 3 nitrogen and oxygen atoms in total. The zero-order valence-electron chi connectivity index (χ0n) is 15.5. The minimum absolute atomic E-state index is 0.00910. The van der Waals surface area contributed by atoms with Gasteiger partial charge in [-0.05, 0) is 35.9 Å². The highest BCUT2D eigenvalue weighted by molar-refractivity contribution is 7.99. The van der Waals surface area contributed by atoms with Gasteiger partial charge >= 0.3 is 0 Å². The Bertz CT molecular complexity index is 990. The van der Waals surface area contributed by atoms with Gasteiger partial charge in [-0.15, -0.1) is 11.8 Å². The Morgan fingerprint density at radius 1 is 1.04 bits per heavy atom. The lowest BCUT2D eigenvalue weighted by Gasteiger charge is -2.23. The number of fused-ring (bicyclic) bond motifs is 1. The Kier molecular flexibility index (Phi) is 5.35. The van der Waals surface area contributed by atoms with Crippen molar-refractivity contribution in [3.05, 3.63) is 89.7 Å². The van der Waals surface area contributed by atoms with E-state index in [-0.39, 0.29) is 23.5 Å². The first-order chi connectivity index (χ1) is 13.7. The second-order valence-corrected chi connectivity index (χ2v) is 7.87. The average molecular weight is 393 g/mol. The molecule has 1 atom stereocenters. The van der Waals surface area contributed by atoms with Crippen LogP contribution >= 0.6 is 11.8 Å². The van der Waals surface area contributed by atoms with Gasteiger partial charge in [0.15, 0.2) is 0 Å². The lowest BCUT2D eigenvalue weighted by atomic mass is 10.1. The quantitative estimate of drug-likeness (QED) is 0.577. The van der Waals surface area contributed by atoms with Crippen molar-refractivity contribution < 1.29 is 13.9 Å². The van der Waals surface area contributed by atoms with Gasteiger partial charge in [-0.1, -0.05) is 42.5 Å². The van der Waals surface area contributed by atoms with Gasteiger partial charge in [0.1, 0.15) is 11.6 Å². The molecule has 5 heteroatoms. The molecule has 142 valence electrons. The van der Waals surface area contributed by atoms with Crippen LogP contribution in [0.3, 0.4) is 0 Å². The van der Waals surface area contributed by atoms with Crippen LogP contribution in [0.4, 0.5) is 10.1 Å². The molecular formula is C23H20FNO2S. The van der Waals surface area contributed by atoms with Crippen LogP contribution in [-0.2, 0) is 11.3 Å². The number of rotatable bonds is 4. The molecule has 28 heavy (non-hydrogen) atoms. The lowest BCUT2D eigenvalue weighted by molar-refractivity contribution is -0.118. The maximum absolute atomic E-state index is 14.2. The summed E-state index contributed by atoms with van der Waals surface area (Å²) in [4.78, 5) is 15.9. The number of amides is 1. The molecule has 1 aliphatic heterocycles. The zero-order valence-corrected chi connectivity index (χ0v) is 16.3. The van der Waals surface area contributed by atoms with Gasteiger partial charge in [0.25, 0.3) is 0 Å². The first-order valence-electron chi connectivity index (χ1n) is 9.09. The number of thioether (sulfide) groups is 1. The molecule has 0 N–H and O–H groups in total. The van der Waals surface area contributed by atoms with Crippen LogP contribution in [0.1, 0.15) is 22.8 Å². The Morgan fingerprint density at radius 3 is 2.50 bits per heavy atom. The molecule has 0 aliphatic carbocycles. The zero-order chi connectivity index (χ0) is 19.5. The Morgan fingerprint density at radius 2 is 1.75 bits per heavy atom. The molecule has 4 rings (SSSR count). The monoisotopic (exact) mass is 393 g/mol. The van der Waals surface area contributed by atoms with Gasteiger partial charge in [-0.25, -0.2) is 4.39 Å². The number of halogens is 1. The van der Waals surface area contributed by atoms with Crippen molar-refractivity contribution in [2.45, 2.75) is 23.1 Å². The van der Waals surface area contributed by atoms with Crippen molar-refractivity contribution in [2.24, 2.45) is 0 Å². The summed E-state index contributed by atoms with van der Waals surface area (Å²) in [6.07, 6.45) is 0.347. The van der Waals surface area contributed by atoms with Crippen LogP contribution in [-0.4, -0.2) is 13.0 Å². The van der Waals surface area contributed by atoms with E-state index < -0.39 is 0 Å². The number of carbonyl (C=O) groups is 1. The minimum Gasteiger partial charge on any atom is -0.497 e. The van der Waals surface area contributed by atoms with Crippen molar-refractivity contribution in [1.82, 2.24) is 0 Å². The molecule has 3 aromatic rings. The number of carbonyl (C=O) groups excluding carboxylic acids is 1. The number of anilines is 1. The van der Waals surface area contributed by atoms with Crippen LogP contribution in [0.15, 0.2) is 77.7 Å². The van der Waals surface area contributed by atoms with Crippen LogP contribution in [0.2, 0.25) is 0 Å². The van der Waals surface area contributed by atoms with Crippen molar-refractivity contribution >= 4 is 23.4 Å². The summed E-state index contributed by atoms with van der Waals surface area (Å²) >= 11 is 1.67. The molecule has 0 saturated heterocycles. The fraction of sp³-hybridized carbons (Fsp3) is 0.174. The molecule has 3 aromatic carbocycles. The Labute approximate surface area is 168 Å². The smallest absolute Gasteiger partial charge is 0.228 e. The number of nitrogens with zero attached hydrogens (tertiary/aromatic N) is 1. The largest absolute Gasteiger partial charge is 0.497 e. The van der Waals surface area contributed by atoms with Gasteiger partial charge in [-0.2, -0.15) is 0 Å². The lowest BCUT2D eigenvalue weighted by Crippen LogP contribution is -2.30. The average Bonchev–Trinajstić information content (AvgIpc) is 2.86. The first kappa shape index (κ1) is 18.6. The van der Waals surface area contributed by atoms with E-state index in [2.05, 4.69) is 0 Å². The fourth-order valence-electron chi connectivity index (χ4n) is 3.35. The third-order valence-corrected chi connectivity index (χ3v) is 6.18. The highest BCUT2D eigenvalue weighted by atomic mass is 32.2. The van der Waals surface area contributed by atoms with Crippen LogP contribution in [0, 0.1) is 5.82 Å². The highest BCUT2D eigenvalue weighted by Gasteiger charge is 2.29. The molecule has 0 fully saturated rings. The van der Waals surface area contributed by atoms with E-state index in [1.807, 2.05) is 48.5 Å². The number of hydrogen-bond donors (Lipinski definition) is 0. The van der Waals surface area contributed by atoms with E-state index >= 15 is 0 Å². The minimum atomic E-state index is -0.295. The van der Waals surface area contributed by atoms with E-state index in [4.69, 9.17) is 4.74 Å². The molecule has 0 radical (unpaired) electrons. The summed E-state index contributed by atoms with van der Waals surface area (Å²) in [5, 5.41) is -0.00910. The molecule has 1 amide bonds. The van der Waals surface area contributed by atoms with E-state index in [9.17, 15) is 9.18 Å². The molecule has 0 bridgehead atoms. The topological polar surface area (TPSA) is 29.5 Å². The number of ether oxygens (including phenoxy) is 1. The molecular weight excluding hydrogens is 373 g/mol. The third-order valence-electron chi connectivity index (χ3n) is 4.86. The summed E-state index contributed by atoms with van der Waals surface area (Å²) in [6, 6.07) is 22.3. The van der Waals surface area contributed by atoms with Gasteiger partial charge < -0.3 is 9.64 Å². The SMILES string of the molecule is COc1ccc([C@H]2CC(=O)N(Cc3ccccc3F)c3ccccc3S2)cc1. The molecule has 0 saturated carbocycles. The van der Waals surface area contributed by atoms with Crippen LogP contribution in [0.5, 0.6) is 5.75 Å². The van der Waals surface area contributed by atoms with E-state index in [0.717, 1.165) is 21.9 Å². The second kappa shape index (κ2) is 8.07. The number of methoxy groups -OCH3 is 1. The maximum atomic E-state index is 14.2. The van der Waals surface area contributed by atoms with Crippen LogP contribution < -0.4 is 9.64 Å². The molecule has 1 heterocycles. The molecule has 0 unspecified atom stereocenters. The Balaban J connectivity index is 1.68. The van der Waals surface area contributed by atoms with Crippen molar-refractivity contribution in [1.29, 1.82) is 0 Å². The van der Waals surface area contributed by atoms with Crippen molar-refractivity contribution in [3.63, 3.8) is 0 Å². The number of hydrogen-bond acceptors (Lipinski definition) is 3. The van der Waals surface area contributed by atoms with Gasteiger partial charge in [-0.3, -0.25) is 4.79 Å². The van der Waals surface area contributed by atoms with Gasteiger partial charge in [0.05, 0.1) is 19.3 Å². The first-order valence-corrected chi connectivity index (χ1v) is 9.97. The molecule has 1 aliphatic rings. The summed E-state index contributed by atoms with van der Waals surface area (Å²) in [6.45, 7) is 0.221. The summed E-state index contributed by atoms with van der Waals surface area (Å²) < 4.78 is 19.4.